The fraction of sp³-hybridized carbons (Fsp3) is 0.818. The standard InChI is InChI=1S/C11H19FN4/c1-3-16-10(7-13-14-16)8-15-6-4-5-11(2,12)9-15/h7H,3-6,8-9H2,1-2H3. The number of piperidine rings is 1. The van der Waals surface area contributed by atoms with Crippen molar-refractivity contribution in [3.63, 3.8) is 0 Å². The second-order valence-corrected chi connectivity index (χ2v) is 4.77. The highest BCUT2D eigenvalue weighted by Gasteiger charge is 2.30. The molecule has 16 heavy (non-hydrogen) atoms. The van der Waals surface area contributed by atoms with Crippen molar-refractivity contribution in [1.82, 2.24) is 19.9 Å². The topological polar surface area (TPSA) is 34.0 Å². The van der Waals surface area contributed by atoms with E-state index in [0.717, 1.165) is 31.7 Å². The lowest BCUT2D eigenvalue weighted by Gasteiger charge is -2.34. The van der Waals surface area contributed by atoms with E-state index in [9.17, 15) is 4.39 Å². The van der Waals surface area contributed by atoms with E-state index in [0.29, 0.717) is 13.0 Å². The number of halogens is 1. The Balaban J connectivity index is 1.99. The largest absolute Gasteiger partial charge is 0.294 e. The third-order valence-corrected chi connectivity index (χ3v) is 3.11. The van der Waals surface area contributed by atoms with Crippen molar-refractivity contribution in [3.05, 3.63) is 11.9 Å². The normalized spacial score (nSPS) is 27.2. The molecule has 1 aliphatic rings. The minimum absolute atomic E-state index is 0.516. The van der Waals surface area contributed by atoms with Crippen molar-refractivity contribution >= 4 is 0 Å². The first-order valence-corrected chi connectivity index (χ1v) is 5.89. The Labute approximate surface area is 95.4 Å². The number of rotatable bonds is 3. The van der Waals surface area contributed by atoms with E-state index in [2.05, 4.69) is 15.2 Å². The van der Waals surface area contributed by atoms with Gasteiger partial charge in [-0.05, 0) is 33.2 Å². The van der Waals surface area contributed by atoms with Gasteiger partial charge in [0.2, 0.25) is 0 Å². The predicted molar refractivity (Wildman–Crippen MR) is 59.7 cm³/mol. The lowest BCUT2D eigenvalue weighted by molar-refractivity contribution is 0.0549. The summed E-state index contributed by atoms with van der Waals surface area (Å²) in [6.07, 6.45) is 3.38. The second-order valence-electron chi connectivity index (χ2n) is 4.77. The average Bonchev–Trinajstić information content (AvgIpc) is 2.63. The summed E-state index contributed by atoms with van der Waals surface area (Å²) >= 11 is 0. The van der Waals surface area contributed by atoms with E-state index in [1.165, 1.54) is 0 Å². The number of nitrogens with zero attached hydrogens (tertiary/aromatic N) is 4. The number of alkyl halides is 1. The van der Waals surface area contributed by atoms with Crippen LogP contribution in [0.25, 0.3) is 0 Å². The number of hydrogen-bond donors (Lipinski definition) is 0. The van der Waals surface area contributed by atoms with Crippen LogP contribution in [0.2, 0.25) is 0 Å². The molecule has 0 radical (unpaired) electrons. The molecule has 2 rings (SSSR count). The highest BCUT2D eigenvalue weighted by molar-refractivity contribution is 4.95. The summed E-state index contributed by atoms with van der Waals surface area (Å²) in [6, 6.07) is 0. The molecule has 5 heteroatoms. The summed E-state index contributed by atoms with van der Waals surface area (Å²) < 4.78 is 15.7. The Hall–Kier alpha value is -0.970. The van der Waals surface area contributed by atoms with Crippen LogP contribution in [-0.2, 0) is 13.1 Å². The highest BCUT2D eigenvalue weighted by atomic mass is 19.1. The van der Waals surface area contributed by atoms with Crippen LogP contribution in [0.15, 0.2) is 6.20 Å². The van der Waals surface area contributed by atoms with Gasteiger partial charge in [-0.2, -0.15) is 0 Å². The number of likely N-dealkylation sites (tertiary alicyclic amines) is 1. The zero-order chi connectivity index (χ0) is 11.6. The van der Waals surface area contributed by atoms with Crippen molar-refractivity contribution < 1.29 is 4.39 Å². The van der Waals surface area contributed by atoms with Crippen LogP contribution in [0.5, 0.6) is 0 Å². The molecule has 4 nitrogen and oxygen atoms in total. The number of aryl methyl sites for hydroxylation is 1. The zero-order valence-corrected chi connectivity index (χ0v) is 9.99. The second kappa shape index (κ2) is 4.49. The molecule has 0 amide bonds. The van der Waals surface area contributed by atoms with Crippen molar-refractivity contribution in [2.45, 2.75) is 45.4 Å². The molecule has 1 atom stereocenters. The molecule has 2 heterocycles. The molecule has 1 aromatic heterocycles. The van der Waals surface area contributed by atoms with Crippen LogP contribution in [0, 0.1) is 0 Å². The van der Waals surface area contributed by atoms with Crippen LogP contribution in [-0.4, -0.2) is 38.7 Å². The summed E-state index contributed by atoms with van der Waals surface area (Å²) in [5.41, 5.74) is 0.0307. The van der Waals surface area contributed by atoms with Crippen LogP contribution in [0.4, 0.5) is 4.39 Å². The molecule has 0 aliphatic carbocycles. The molecule has 0 aromatic carbocycles. The minimum atomic E-state index is -1.04. The molecule has 90 valence electrons. The molecule has 1 saturated heterocycles. The molecular weight excluding hydrogens is 207 g/mol. The van der Waals surface area contributed by atoms with Gasteiger partial charge in [-0.1, -0.05) is 5.21 Å². The van der Waals surface area contributed by atoms with Crippen LogP contribution in [0.1, 0.15) is 32.4 Å². The van der Waals surface area contributed by atoms with Gasteiger partial charge >= 0.3 is 0 Å². The number of aromatic nitrogens is 3. The molecule has 1 aromatic rings. The van der Waals surface area contributed by atoms with Gasteiger partial charge in [-0.15, -0.1) is 5.10 Å². The first-order valence-electron chi connectivity index (χ1n) is 5.89. The van der Waals surface area contributed by atoms with Gasteiger partial charge in [0.05, 0.1) is 11.9 Å². The van der Waals surface area contributed by atoms with Gasteiger partial charge in [-0.25, -0.2) is 9.07 Å². The predicted octanol–water partition coefficient (Wildman–Crippen LogP) is 1.62. The first-order chi connectivity index (χ1) is 7.61. The lowest BCUT2D eigenvalue weighted by atomic mass is 9.97. The van der Waals surface area contributed by atoms with Crippen LogP contribution in [0.3, 0.4) is 0 Å². The summed E-state index contributed by atoms with van der Waals surface area (Å²) in [6.45, 7) is 6.77. The van der Waals surface area contributed by atoms with Crippen molar-refractivity contribution in [2.75, 3.05) is 13.1 Å². The smallest absolute Gasteiger partial charge is 0.120 e. The van der Waals surface area contributed by atoms with E-state index in [4.69, 9.17) is 0 Å². The zero-order valence-electron chi connectivity index (χ0n) is 9.99. The summed E-state index contributed by atoms with van der Waals surface area (Å²) in [5, 5.41) is 7.87. The quantitative estimate of drug-likeness (QED) is 0.785. The van der Waals surface area contributed by atoms with E-state index < -0.39 is 5.67 Å². The molecule has 1 aliphatic heterocycles. The molecule has 0 saturated carbocycles. The Morgan fingerprint density at radius 1 is 1.56 bits per heavy atom. The number of hydrogen-bond acceptors (Lipinski definition) is 3. The Bertz CT molecular complexity index is 348. The fourth-order valence-corrected chi connectivity index (χ4v) is 2.33. The Morgan fingerprint density at radius 3 is 3.06 bits per heavy atom. The molecule has 0 spiro atoms. The first kappa shape index (κ1) is 11.5. The van der Waals surface area contributed by atoms with Gasteiger partial charge in [-0.3, -0.25) is 4.90 Å². The van der Waals surface area contributed by atoms with E-state index in [1.807, 2.05) is 11.6 Å². The van der Waals surface area contributed by atoms with E-state index in [-0.39, 0.29) is 0 Å². The molecular formula is C11H19FN4. The molecule has 0 N–H and O–H groups in total. The van der Waals surface area contributed by atoms with Crippen molar-refractivity contribution in [2.24, 2.45) is 0 Å². The van der Waals surface area contributed by atoms with Gasteiger partial charge in [0.15, 0.2) is 0 Å². The average molecular weight is 226 g/mol. The van der Waals surface area contributed by atoms with Crippen LogP contribution >= 0.6 is 0 Å². The minimum Gasteiger partial charge on any atom is -0.294 e. The molecule has 0 bridgehead atoms. The van der Waals surface area contributed by atoms with Crippen molar-refractivity contribution in [1.29, 1.82) is 0 Å². The van der Waals surface area contributed by atoms with E-state index in [1.54, 1.807) is 13.1 Å². The third kappa shape index (κ3) is 2.58. The maximum Gasteiger partial charge on any atom is 0.120 e. The monoisotopic (exact) mass is 226 g/mol. The maximum atomic E-state index is 13.9. The van der Waals surface area contributed by atoms with Crippen LogP contribution < -0.4 is 0 Å². The third-order valence-electron chi connectivity index (χ3n) is 3.11. The Morgan fingerprint density at radius 2 is 2.38 bits per heavy atom. The summed E-state index contributed by atoms with van der Waals surface area (Å²) in [7, 11) is 0. The van der Waals surface area contributed by atoms with E-state index >= 15 is 0 Å². The summed E-state index contributed by atoms with van der Waals surface area (Å²) in [5.74, 6) is 0. The Kier molecular flexibility index (Phi) is 3.23. The van der Waals surface area contributed by atoms with Gasteiger partial charge in [0.1, 0.15) is 5.67 Å². The maximum absolute atomic E-state index is 13.9. The van der Waals surface area contributed by atoms with Gasteiger partial charge in [0, 0.05) is 19.6 Å². The summed E-state index contributed by atoms with van der Waals surface area (Å²) in [4.78, 5) is 2.15. The van der Waals surface area contributed by atoms with Gasteiger partial charge in [0.25, 0.3) is 0 Å². The van der Waals surface area contributed by atoms with Gasteiger partial charge < -0.3 is 0 Å². The molecule has 1 fully saturated rings. The lowest BCUT2D eigenvalue weighted by Crippen LogP contribution is -2.43. The highest BCUT2D eigenvalue weighted by Crippen LogP contribution is 2.25. The SMILES string of the molecule is CCn1nncc1CN1CCCC(C)(F)C1. The van der Waals surface area contributed by atoms with Crippen molar-refractivity contribution in [3.8, 4) is 0 Å². The molecule has 1 unspecified atom stereocenters. The fourth-order valence-electron chi connectivity index (χ4n) is 2.33.